The van der Waals surface area contributed by atoms with Crippen molar-refractivity contribution >= 4 is 40.3 Å². The molecule has 41 heavy (non-hydrogen) atoms. The molecule has 0 spiro atoms. The van der Waals surface area contributed by atoms with Gasteiger partial charge in [0.1, 0.15) is 5.56 Å². The highest BCUT2D eigenvalue weighted by Crippen LogP contribution is 2.25. The minimum absolute atomic E-state index is 0.0831. The van der Waals surface area contributed by atoms with E-state index in [0.29, 0.717) is 22.4 Å². The van der Waals surface area contributed by atoms with Gasteiger partial charge in [-0.1, -0.05) is 42.5 Å². The molecule has 6 rings (SSSR count). The second kappa shape index (κ2) is 10.2. The van der Waals surface area contributed by atoms with E-state index >= 15 is 0 Å². The number of amides is 1. The zero-order valence-corrected chi connectivity index (χ0v) is 22.8. The van der Waals surface area contributed by atoms with Crippen LogP contribution >= 0.6 is 0 Å². The van der Waals surface area contributed by atoms with Crippen LogP contribution in [-0.2, 0) is 7.05 Å². The van der Waals surface area contributed by atoms with Crippen molar-refractivity contribution in [1.29, 1.82) is 0 Å². The zero-order chi connectivity index (χ0) is 28.7. The van der Waals surface area contributed by atoms with E-state index in [2.05, 4.69) is 20.5 Å². The molecule has 3 N–H and O–H groups in total. The standard InChI is InChI=1S/C31H28N8O2/c1-19-14-16-33-29-27(28(32)36-39(19)29)30(40)34-20(2)25-18-22-9-7-8-21(12-13-23-15-17-37(3)35-23)26(22)31(41)38(25)24-10-5-4-6-11-24/h4-18,20H,1-3H3,(H2,32,36)(H,34,40). The molecule has 1 unspecified atom stereocenters. The molecule has 4 heterocycles. The lowest BCUT2D eigenvalue weighted by Gasteiger charge is -2.21. The molecule has 0 saturated heterocycles. The first kappa shape index (κ1) is 25.8. The van der Waals surface area contributed by atoms with Gasteiger partial charge in [0.05, 0.1) is 17.1 Å². The zero-order valence-electron chi connectivity index (χ0n) is 22.8. The van der Waals surface area contributed by atoms with E-state index in [1.165, 1.54) is 0 Å². The van der Waals surface area contributed by atoms with Crippen LogP contribution < -0.4 is 16.6 Å². The number of aryl methyl sites for hydroxylation is 2. The Bertz CT molecular complexity index is 2020. The Morgan fingerprint density at radius 2 is 1.83 bits per heavy atom. The number of hydrogen-bond donors (Lipinski definition) is 2. The summed E-state index contributed by atoms with van der Waals surface area (Å²) in [7, 11) is 1.86. The number of carbonyl (C=O) groups excluding carboxylic acids is 1. The summed E-state index contributed by atoms with van der Waals surface area (Å²) in [6.07, 6.45) is 7.26. The maximum atomic E-state index is 14.2. The van der Waals surface area contributed by atoms with Crippen molar-refractivity contribution < 1.29 is 4.79 Å². The Morgan fingerprint density at radius 1 is 1.02 bits per heavy atom. The number of pyridine rings is 1. The number of benzene rings is 2. The predicted molar refractivity (Wildman–Crippen MR) is 160 cm³/mol. The van der Waals surface area contributed by atoms with Gasteiger partial charge in [0.2, 0.25) is 0 Å². The number of fused-ring (bicyclic) bond motifs is 2. The van der Waals surface area contributed by atoms with Gasteiger partial charge in [0, 0.05) is 36.5 Å². The molecular weight excluding hydrogens is 516 g/mol. The average Bonchev–Trinajstić information content (AvgIpc) is 3.54. The summed E-state index contributed by atoms with van der Waals surface area (Å²) in [5, 5.41) is 13.0. The molecule has 4 aromatic heterocycles. The summed E-state index contributed by atoms with van der Waals surface area (Å²) in [5.74, 6) is -0.345. The lowest BCUT2D eigenvalue weighted by atomic mass is 10.0. The topological polar surface area (TPSA) is 125 Å². The van der Waals surface area contributed by atoms with Crippen LogP contribution in [0.15, 0.2) is 83.9 Å². The third-order valence-corrected chi connectivity index (χ3v) is 7.04. The SMILES string of the molecule is Cc1ccnc2c(C(=O)NC(C)c3cc4cccc(C=Cc5ccn(C)n5)c4c(=O)n3-c3ccccc3)c(N)nn12. The minimum Gasteiger partial charge on any atom is -0.381 e. The molecule has 1 atom stereocenters. The number of rotatable bonds is 6. The third-order valence-electron chi connectivity index (χ3n) is 7.04. The van der Waals surface area contributed by atoms with E-state index in [1.54, 1.807) is 26.0 Å². The number of aromatic nitrogens is 6. The molecular formula is C31H28N8O2. The van der Waals surface area contributed by atoms with Crippen molar-refractivity contribution in [2.45, 2.75) is 19.9 Å². The van der Waals surface area contributed by atoms with Gasteiger partial charge < -0.3 is 11.1 Å². The van der Waals surface area contributed by atoms with Crippen LogP contribution in [0.5, 0.6) is 0 Å². The molecule has 0 aliphatic carbocycles. The van der Waals surface area contributed by atoms with E-state index in [4.69, 9.17) is 5.73 Å². The molecule has 0 aliphatic heterocycles. The van der Waals surface area contributed by atoms with E-state index in [0.717, 1.165) is 22.3 Å². The molecule has 204 valence electrons. The lowest BCUT2D eigenvalue weighted by Crippen LogP contribution is -2.32. The molecule has 0 bridgehead atoms. The summed E-state index contributed by atoms with van der Waals surface area (Å²) in [6, 6.07) is 20.2. The summed E-state index contributed by atoms with van der Waals surface area (Å²) < 4.78 is 4.92. The van der Waals surface area contributed by atoms with Crippen LogP contribution in [0.2, 0.25) is 0 Å². The number of anilines is 1. The molecule has 0 saturated carbocycles. The van der Waals surface area contributed by atoms with Crippen molar-refractivity contribution in [2.75, 3.05) is 5.73 Å². The number of nitrogens with two attached hydrogens (primary N) is 1. The fourth-order valence-electron chi connectivity index (χ4n) is 5.04. The first-order chi connectivity index (χ1) is 19.8. The summed E-state index contributed by atoms with van der Waals surface area (Å²) in [4.78, 5) is 32.1. The van der Waals surface area contributed by atoms with Gasteiger partial charge in [0.15, 0.2) is 11.5 Å². The Hall–Kier alpha value is -5.51. The third kappa shape index (κ3) is 4.65. The van der Waals surface area contributed by atoms with Crippen LogP contribution in [0.25, 0.3) is 34.3 Å². The van der Waals surface area contributed by atoms with Gasteiger partial charge in [-0.2, -0.15) is 5.10 Å². The molecule has 0 radical (unpaired) electrons. The normalized spacial score (nSPS) is 12.4. The lowest BCUT2D eigenvalue weighted by molar-refractivity contribution is 0.0941. The highest BCUT2D eigenvalue weighted by Gasteiger charge is 2.24. The molecule has 1 amide bonds. The Kier molecular flexibility index (Phi) is 6.43. The van der Waals surface area contributed by atoms with Crippen LogP contribution in [0.4, 0.5) is 5.82 Å². The fraction of sp³-hybridized carbons (Fsp3) is 0.129. The van der Waals surface area contributed by atoms with Crippen molar-refractivity contribution in [1.82, 2.24) is 34.3 Å². The van der Waals surface area contributed by atoms with Gasteiger partial charge in [0.25, 0.3) is 11.5 Å². The van der Waals surface area contributed by atoms with E-state index in [-0.39, 0.29) is 16.9 Å². The number of para-hydroxylation sites is 1. The van der Waals surface area contributed by atoms with Crippen LogP contribution in [0.1, 0.15) is 46.0 Å². The molecule has 0 aliphatic rings. The summed E-state index contributed by atoms with van der Waals surface area (Å²) >= 11 is 0. The van der Waals surface area contributed by atoms with Crippen LogP contribution in [0.3, 0.4) is 0 Å². The quantitative estimate of drug-likeness (QED) is 0.322. The number of hydrogen-bond acceptors (Lipinski definition) is 6. The van der Waals surface area contributed by atoms with Crippen molar-refractivity contribution in [3.8, 4) is 5.69 Å². The number of nitrogens with one attached hydrogen (secondary N) is 1. The Balaban J connectivity index is 1.46. The van der Waals surface area contributed by atoms with Gasteiger partial charge >= 0.3 is 0 Å². The van der Waals surface area contributed by atoms with Gasteiger partial charge in [-0.15, -0.1) is 5.10 Å². The van der Waals surface area contributed by atoms with Gasteiger partial charge in [-0.05, 0) is 61.2 Å². The van der Waals surface area contributed by atoms with E-state index in [1.807, 2.05) is 99.9 Å². The Morgan fingerprint density at radius 3 is 2.59 bits per heavy atom. The van der Waals surface area contributed by atoms with Gasteiger partial charge in [-0.3, -0.25) is 18.8 Å². The first-order valence-electron chi connectivity index (χ1n) is 13.1. The maximum absolute atomic E-state index is 14.2. The number of nitrogen functional groups attached to an aromatic ring is 1. The number of nitrogens with zero attached hydrogens (tertiary/aromatic N) is 6. The number of carbonyl (C=O) groups is 1. The summed E-state index contributed by atoms with van der Waals surface area (Å²) in [6.45, 7) is 3.70. The molecule has 6 aromatic rings. The fourth-order valence-corrected chi connectivity index (χ4v) is 5.04. The average molecular weight is 545 g/mol. The molecule has 0 fully saturated rings. The van der Waals surface area contributed by atoms with Crippen molar-refractivity contribution in [2.24, 2.45) is 7.05 Å². The van der Waals surface area contributed by atoms with Crippen molar-refractivity contribution in [3.05, 3.63) is 118 Å². The molecule has 10 nitrogen and oxygen atoms in total. The van der Waals surface area contributed by atoms with Crippen molar-refractivity contribution in [3.63, 3.8) is 0 Å². The van der Waals surface area contributed by atoms with Crippen LogP contribution in [0, 0.1) is 6.92 Å². The van der Waals surface area contributed by atoms with E-state index in [9.17, 15) is 9.59 Å². The minimum atomic E-state index is -0.563. The maximum Gasteiger partial charge on any atom is 0.263 e. The van der Waals surface area contributed by atoms with Gasteiger partial charge in [-0.25, -0.2) is 9.50 Å². The second-order valence-electron chi connectivity index (χ2n) is 9.88. The molecule has 2 aromatic carbocycles. The second-order valence-corrected chi connectivity index (χ2v) is 9.88. The monoisotopic (exact) mass is 544 g/mol. The van der Waals surface area contributed by atoms with E-state index < -0.39 is 11.9 Å². The molecule has 10 heteroatoms. The Labute approximate surface area is 235 Å². The highest BCUT2D eigenvalue weighted by molar-refractivity contribution is 6.04. The predicted octanol–water partition coefficient (Wildman–Crippen LogP) is 4.32. The largest absolute Gasteiger partial charge is 0.381 e. The summed E-state index contributed by atoms with van der Waals surface area (Å²) in [5.41, 5.74) is 10.2. The smallest absolute Gasteiger partial charge is 0.263 e. The van der Waals surface area contributed by atoms with Crippen LogP contribution in [-0.4, -0.2) is 34.9 Å². The highest BCUT2D eigenvalue weighted by atomic mass is 16.2. The first-order valence-corrected chi connectivity index (χ1v) is 13.1.